The first-order valence-electron chi connectivity index (χ1n) is 8.17. The summed E-state index contributed by atoms with van der Waals surface area (Å²) in [4.78, 5) is 14.4. The number of benzene rings is 2. The highest BCUT2D eigenvalue weighted by molar-refractivity contribution is 5.81. The number of nitrogens with zero attached hydrogens (tertiary/aromatic N) is 1. The Morgan fingerprint density at radius 2 is 1.65 bits per heavy atom. The summed E-state index contributed by atoms with van der Waals surface area (Å²) < 4.78 is 0. The Balaban J connectivity index is 1.73. The van der Waals surface area contributed by atoms with E-state index in [0.717, 1.165) is 30.8 Å². The molecule has 3 nitrogen and oxygen atoms in total. The van der Waals surface area contributed by atoms with Gasteiger partial charge in [0.05, 0.1) is 5.41 Å². The van der Waals surface area contributed by atoms with Crippen molar-refractivity contribution in [1.82, 2.24) is 4.90 Å². The standard InChI is InChI=1S/C20H23NO2/c1-16-7-9-18(10-8-16)20(19(22)23)11-13-21(14-12-20)15-17-5-3-2-4-6-17/h2-10H,11-15H2,1H3,(H,22,23). The van der Waals surface area contributed by atoms with Gasteiger partial charge in [0, 0.05) is 6.54 Å². The van der Waals surface area contributed by atoms with Gasteiger partial charge in [-0.1, -0.05) is 60.2 Å². The molecule has 0 aromatic heterocycles. The molecule has 1 aliphatic rings. The number of piperidine rings is 1. The molecule has 0 spiro atoms. The average molecular weight is 309 g/mol. The fourth-order valence-electron chi connectivity index (χ4n) is 3.43. The van der Waals surface area contributed by atoms with Gasteiger partial charge in [-0.15, -0.1) is 0 Å². The van der Waals surface area contributed by atoms with Crippen molar-refractivity contribution in [3.8, 4) is 0 Å². The van der Waals surface area contributed by atoms with Gasteiger partial charge in [-0.3, -0.25) is 9.69 Å². The molecule has 1 N–H and O–H groups in total. The van der Waals surface area contributed by atoms with Gasteiger partial charge in [0.1, 0.15) is 0 Å². The van der Waals surface area contributed by atoms with Crippen LogP contribution in [0.15, 0.2) is 54.6 Å². The van der Waals surface area contributed by atoms with Crippen molar-refractivity contribution in [3.63, 3.8) is 0 Å². The third kappa shape index (κ3) is 3.30. The Labute approximate surface area is 137 Å². The number of rotatable bonds is 4. The number of carboxylic acid groups (broad SMARTS) is 1. The predicted molar refractivity (Wildman–Crippen MR) is 91.4 cm³/mol. The number of hydrogen-bond donors (Lipinski definition) is 1. The van der Waals surface area contributed by atoms with Crippen LogP contribution < -0.4 is 0 Å². The fourth-order valence-corrected chi connectivity index (χ4v) is 3.43. The molecule has 1 aliphatic heterocycles. The molecule has 0 aliphatic carbocycles. The highest BCUT2D eigenvalue weighted by Gasteiger charge is 2.42. The van der Waals surface area contributed by atoms with Crippen molar-refractivity contribution in [2.45, 2.75) is 31.7 Å². The third-order valence-corrected chi connectivity index (χ3v) is 4.97. The first-order chi connectivity index (χ1) is 11.1. The first-order valence-corrected chi connectivity index (χ1v) is 8.17. The molecule has 0 radical (unpaired) electrons. The molecule has 0 atom stereocenters. The molecule has 1 saturated heterocycles. The van der Waals surface area contributed by atoms with E-state index in [1.807, 2.05) is 49.4 Å². The summed E-state index contributed by atoms with van der Waals surface area (Å²) >= 11 is 0. The number of aliphatic carboxylic acids is 1. The Bertz CT molecular complexity index is 656. The van der Waals surface area contributed by atoms with Crippen LogP contribution in [-0.2, 0) is 16.8 Å². The average Bonchev–Trinajstić information content (AvgIpc) is 2.57. The second-order valence-corrected chi connectivity index (χ2v) is 6.52. The highest BCUT2D eigenvalue weighted by Crippen LogP contribution is 2.36. The monoisotopic (exact) mass is 309 g/mol. The molecular formula is C20H23NO2. The zero-order valence-electron chi connectivity index (χ0n) is 13.5. The molecule has 1 heterocycles. The predicted octanol–water partition coefficient (Wildman–Crippen LogP) is 3.61. The Morgan fingerprint density at radius 3 is 2.22 bits per heavy atom. The summed E-state index contributed by atoms with van der Waals surface area (Å²) in [5, 5.41) is 9.87. The molecule has 3 rings (SSSR count). The van der Waals surface area contributed by atoms with Gasteiger partial charge in [0.2, 0.25) is 0 Å². The molecule has 0 amide bonds. The SMILES string of the molecule is Cc1ccc(C2(C(=O)O)CCN(Cc3ccccc3)CC2)cc1. The normalized spacial score (nSPS) is 17.8. The summed E-state index contributed by atoms with van der Waals surface area (Å²) in [6.07, 6.45) is 1.33. The van der Waals surface area contributed by atoms with Gasteiger partial charge in [0.15, 0.2) is 0 Å². The number of carbonyl (C=O) groups is 1. The zero-order valence-corrected chi connectivity index (χ0v) is 13.5. The summed E-state index contributed by atoms with van der Waals surface area (Å²) in [7, 11) is 0. The van der Waals surface area contributed by atoms with Gasteiger partial charge in [-0.05, 0) is 44.0 Å². The summed E-state index contributed by atoms with van der Waals surface area (Å²) in [5.41, 5.74) is 2.65. The van der Waals surface area contributed by atoms with Crippen LogP contribution >= 0.6 is 0 Å². The number of carboxylic acids is 1. The lowest BCUT2D eigenvalue weighted by Gasteiger charge is -2.39. The maximum Gasteiger partial charge on any atom is 0.314 e. The lowest BCUT2D eigenvalue weighted by molar-refractivity contribution is -0.146. The third-order valence-electron chi connectivity index (χ3n) is 4.97. The van der Waals surface area contributed by atoms with Crippen molar-refractivity contribution in [1.29, 1.82) is 0 Å². The minimum atomic E-state index is -0.735. The van der Waals surface area contributed by atoms with Gasteiger partial charge < -0.3 is 5.11 Å². The van der Waals surface area contributed by atoms with Gasteiger partial charge in [-0.2, -0.15) is 0 Å². The van der Waals surface area contributed by atoms with Gasteiger partial charge in [0.25, 0.3) is 0 Å². The molecule has 2 aromatic rings. The van der Waals surface area contributed by atoms with Crippen molar-refractivity contribution in [2.24, 2.45) is 0 Å². The number of likely N-dealkylation sites (tertiary alicyclic amines) is 1. The quantitative estimate of drug-likeness (QED) is 0.938. The van der Waals surface area contributed by atoms with Crippen LogP contribution in [0.1, 0.15) is 29.5 Å². The Hall–Kier alpha value is -2.13. The molecule has 0 bridgehead atoms. The lowest BCUT2D eigenvalue weighted by atomic mass is 9.72. The molecule has 3 heteroatoms. The number of hydrogen-bond acceptors (Lipinski definition) is 2. The Morgan fingerprint density at radius 1 is 1.04 bits per heavy atom. The minimum absolute atomic E-state index is 0.665. The van der Waals surface area contributed by atoms with Crippen molar-refractivity contribution in [2.75, 3.05) is 13.1 Å². The molecular weight excluding hydrogens is 286 g/mol. The second-order valence-electron chi connectivity index (χ2n) is 6.52. The second kappa shape index (κ2) is 6.55. The van der Waals surface area contributed by atoms with Crippen molar-refractivity contribution in [3.05, 3.63) is 71.3 Å². The first kappa shape index (κ1) is 15.8. The highest BCUT2D eigenvalue weighted by atomic mass is 16.4. The van der Waals surface area contributed by atoms with E-state index < -0.39 is 11.4 Å². The smallest absolute Gasteiger partial charge is 0.314 e. The van der Waals surface area contributed by atoms with Crippen LogP contribution in [0.2, 0.25) is 0 Å². The molecule has 23 heavy (non-hydrogen) atoms. The van der Waals surface area contributed by atoms with E-state index in [1.54, 1.807) is 0 Å². The van der Waals surface area contributed by atoms with Crippen LogP contribution in [0.4, 0.5) is 0 Å². The van der Waals surface area contributed by atoms with E-state index in [0.29, 0.717) is 12.8 Å². The van der Waals surface area contributed by atoms with Gasteiger partial charge in [-0.25, -0.2) is 0 Å². The summed E-state index contributed by atoms with van der Waals surface area (Å²) in [6.45, 7) is 4.55. The van der Waals surface area contributed by atoms with E-state index >= 15 is 0 Å². The molecule has 1 fully saturated rings. The zero-order chi connectivity index (χ0) is 16.3. The van der Waals surface area contributed by atoms with E-state index in [9.17, 15) is 9.90 Å². The summed E-state index contributed by atoms with van der Waals surface area (Å²) in [5.74, 6) is -0.694. The fraction of sp³-hybridized carbons (Fsp3) is 0.350. The van der Waals surface area contributed by atoms with Crippen molar-refractivity contribution >= 4 is 5.97 Å². The topological polar surface area (TPSA) is 40.5 Å². The molecule has 2 aromatic carbocycles. The molecule has 0 saturated carbocycles. The lowest BCUT2D eigenvalue weighted by Crippen LogP contribution is -2.47. The van der Waals surface area contributed by atoms with E-state index in [2.05, 4.69) is 17.0 Å². The van der Waals surface area contributed by atoms with E-state index in [1.165, 1.54) is 5.56 Å². The van der Waals surface area contributed by atoms with E-state index in [4.69, 9.17) is 0 Å². The van der Waals surface area contributed by atoms with Crippen LogP contribution in [0, 0.1) is 6.92 Å². The van der Waals surface area contributed by atoms with Crippen LogP contribution in [0.3, 0.4) is 0 Å². The Kier molecular flexibility index (Phi) is 4.49. The van der Waals surface area contributed by atoms with Crippen LogP contribution in [0.25, 0.3) is 0 Å². The van der Waals surface area contributed by atoms with E-state index in [-0.39, 0.29) is 0 Å². The summed E-state index contributed by atoms with van der Waals surface area (Å²) in [6, 6.07) is 18.4. The minimum Gasteiger partial charge on any atom is -0.481 e. The maximum absolute atomic E-state index is 12.0. The van der Waals surface area contributed by atoms with Gasteiger partial charge >= 0.3 is 5.97 Å². The molecule has 0 unspecified atom stereocenters. The van der Waals surface area contributed by atoms with Crippen molar-refractivity contribution < 1.29 is 9.90 Å². The molecule has 120 valence electrons. The maximum atomic E-state index is 12.0. The number of aryl methyl sites for hydroxylation is 1. The van der Waals surface area contributed by atoms with Crippen LogP contribution in [0.5, 0.6) is 0 Å². The van der Waals surface area contributed by atoms with Crippen LogP contribution in [-0.4, -0.2) is 29.1 Å². The largest absolute Gasteiger partial charge is 0.481 e.